The molecule has 0 spiro atoms. The fraction of sp³-hybridized carbons (Fsp3) is 0.0769. The van der Waals surface area contributed by atoms with E-state index < -0.39 is 37.4 Å². The molecule has 0 aliphatic carbocycles. The molecule has 0 aromatic heterocycles. The lowest BCUT2D eigenvalue weighted by Crippen LogP contribution is -2.19. The number of anilines is 1. The van der Waals surface area contributed by atoms with Crippen molar-refractivity contribution >= 4 is 25.7 Å². The molecule has 2 rings (SSSR count). The van der Waals surface area contributed by atoms with Crippen LogP contribution in [0.4, 0.5) is 14.5 Å². The Morgan fingerprint density at radius 1 is 0.783 bits per heavy atom. The summed E-state index contributed by atoms with van der Waals surface area (Å²) in [4.78, 5) is -0.480. The van der Waals surface area contributed by atoms with Crippen LogP contribution in [0.5, 0.6) is 0 Å². The van der Waals surface area contributed by atoms with E-state index in [1.54, 1.807) is 4.72 Å². The normalized spacial score (nSPS) is 12.1. The molecule has 0 aliphatic rings. The molecular weight excluding hydrogens is 350 g/mol. The average molecular weight is 362 g/mol. The second kappa shape index (κ2) is 6.22. The van der Waals surface area contributed by atoms with E-state index >= 15 is 0 Å². The summed E-state index contributed by atoms with van der Waals surface area (Å²) >= 11 is 0. The molecule has 0 saturated carbocycles. The van der Waals surface area contributed by atoms with Crippen LogP contribution in [0.25, 0.3) is 0 Å². The predicted octanol–water partition coefficient (Wildman–Crippen LogP) is 1.67. The summed E-state index contributed by atoms with van der Waals surface area (Å²) in [5.41, 5.74) is -0.806. The summed E-state index contributed by atoms with van der Waals surface area (Å²) in [6, 6.07) is 7.08. The molecule has 0 fully saturated rings. The molecule has 2 aromatic rings. The number of nitrogens with one attached hydrogen (secondary N) is 2. The third-order valence-electron chi connectivity index (χ3n) is 2.91. The summed E-state index contributed by atoms with van der Waals surface area (Å²) in [5, 5.41) is 0. The Kier molecular flexibility index (Phi) is 4.68. The molecule has 0 heterocycles. The first kappa shape index (κ1) is 17.3. The van der Waals surface area contributed by atoms with Crippen LogP contribution in [-0.2, 0) is 20.0 Å². The minimum Gasteiger partial charge on any atom is -0.274 e. The van der Waals surface area contributed by atoms with Crippen LogP contribution in [-0.4, -0.2) is 23.9 Å². The lowest BCUT2D eigenvalue weighted by Gasteiger charge is -2.10. The standard InChI is InChI=1S/C13H12F2N2O4S2/c1-16-22(18,19)9-5-7-10(8-6-9)23(20,21)17-13-11(14)3-2-4-12(13)15/h2-8,16-17H,1H3. The molecule has 6 nitrogen and oxygen atoms in total. The van der Waals surface area contributed by atoms with E-state index in [9.17, 15) is 25.6 Å². The first-order chi connectivity index (χ1) is 10.7. The zero-order valence-corrected chi connectivity index (χ0v) is 13.4. The van der Waals surface area contributed by atoms with Crippen molar-refractivity contribution in [1.82, 2.24) is 4.72 Å². The highest BCUT2D eigenvalue weighted by Crippen LogP contribution is 2.23. The van der Waals surface area contributed by atoms with Gasteiger partial charge in [0.1, 0.15) is 17.3 Å². The van der Waals surface area contributed by atoms with Crippen molar-refractivity contribution in [3.8, 4) is 0 Å². The second-order valence-corrected chi connectivity index (χ2v) is 7.95. The summed E-state index contributed by atoms with van der Waals surface area (Å²) in [6.45, 7) is 0. The highest BCUT2D eigenvalue weighted by Gasteiger charge is 2.20. The van der Waals surface area contributed by atoms with Gasteiger partial charge in [0.15, 0.2) is 0 Å². The summed E-state index contributed by atoms with van der Waals surface area (Å²) in [6.07, 6.45) is 0. The van der Waals surface area contributed by atoms with Crippen molar-refractivity contribution in [3.05, 3.63) is 54.1 Å². The third-order valence-corrected chi connectivity index (χ3v) is 5.71. The van der Waals surface area contributed by atoms with E-state index in [0.29, 0.717) is 0 Å². The van der Waals surface area contributed by atoms with Crippen LogP contribution in [0.3, 0.4) is 0 Å². The van der Waals surface area contributed by atoms with Crippen LogP contribution >= 0.6 is 0 Å². The Labute approximate surface area is 132 Å². The maximum Gasteiger partial charge on any atom is 0.262 e. The lowest BCUT2D eigenvalue weighted by atomic mass is 10.3. The molecule has 0 bridgehead atoms. The van der Waals surface area contributed by atoms with Gasteiger partial charge in [-0.15, -0.1) is 0 Å². The molecule has 10 heteroatoms. The molecule has 0 atom stereocenters. The SMILES string of the molecule is CNS(=O)(=O)c1ccc(S(=O)(=O)Nc2c(F)cccc2F)cc1. The molecule has 23 heavy (non-hydrogen) atoms. The van der Waals surface area contributed by atoms with Gasteiger partial charge >= 0.3 is 0 Å². The first-order valence-corrected chi connectivity index (χ1v) is 9.14. The van der Waals surface area contributed by atoms with Gasteiger partial charge in [0.2, 0.25) is 10.0 Å². The molecule has 0 aliphatic heterocycles. The zero-order valence-electron chi connectivity index (χ0n) is 11.7. The summed E-state index contributed by atoms with van der Waals surface area (Å²) in [5.74, 6) is -2.13. The topological polar surface area (TPSA) is 92.3 Å². The first-order valence-electron chi connectivity index (χ1n) is 6.18. The number of hydrogen-bond donors (Lipinski definition) is 2. The van der Waals surface area contributed by atoms with Gasteiger partial charge in [-0.3, -0.25) is 4.72 Å². The minimum absolute atomic E-state index is 0.143. The molecule has 2 aromatic carbocycles. The van der Waals surface area contributed by atoms with E-state index in [4.69, 9.17) is 0 Å². The Balaban J connectivity index is 2.38. The maximum atomic E-state index is 13.5. The maximum absolute atomic E-state index is 13.5. The van der Waals surface area contributed by atoms with E-state index in [1.165, 1.54) is 7.05 Å². The van der Waals surface area contributed by atoms with Crippen molar-refractivity contribution in [3.63, 3.8) is 0 Å². The molecule has 0 unspecified atom stereocenters. The highest BCUT2D eigenvalue weighted by atomic mass is 32.2. The fourth-order valence-electron chi connectivity index (χ4n) is 1.70. The predicted molar refractivity (Wildman–Crippen MR) is 79.9 cm³/mol. The van der Waals surface area contributed by atoms with Crippen LogP contribution < -0.4 is 9.44 Å². The van der Waals surface area contributed by atoms with E-state index in [1.807, 2.05) is 0 Å². The van der Waals surface area contributed by atoms with Gasteiger partial charge in [-0.25, -0.2) is 30.3 Å². The Morgan fingerprint density at radius 2 is 1.22 bits per heavy atom. The van der Waals surface area contributed by atoms with E-state index in [2.05, 4.69) is 4.72 Å². The van der Waals surface area contributed by atoms with Crippen molar-refractivity contribution in [2.24, 2.45) is 0 Å². The van der Waals surface area contributed by atoms with Gasteiger partial charge < -0.3 is 0 Å². The molecule has 124 valence electrons. The third kappa shape index (κ3) is 3.66. The molecule has 2 N–H and O–H groups in total. The van der Waals surface area contributed by atoms with Gasteiger partial charge in [-0.05, 0) is 43.4 Å². The zero-order chi connectivity index (χ0) is 17.3. The largest absolute Gasteiger partial charge is 0.274 e. The van der Waals surface area contributed by atoms with Gasteiger partial charge in [-0.1, -0.05) is 6.07 Å². The number of para-hydroxylation sites is 1. The monoisotopic (exact) mass is 362 g/mol. The lowest BCUT2D eigenvalue weighted by molar-refractivity contribution is 0.582. The molecule has 0 radical (unpaired) electrons. The number of rotatable bonds is 5. The number of sulfonamides is 2. The highest BCUT2D eigenvalue weighted by molar-refractivity contribution is 7.92. The van der Waals surface area contributed by atoms with Crippen LogP contribution in [0.2, 0.25) is 0 Å². The quantitative estimate of drug-likeness (QED) is 0.846. The Bertz CT molecular complexity index is 907. The van der Waals surface area contributed by atoms with E-state index in [0.717, 1.165) is 42.5 Å². The van der Waals surface area contributed by atoms with E-state index in [-0.39, 0.29) is 9.79 Å². The van der Waals surface area contributed by atoms with Crippen molar-refractivity contribution in [2.45, 2.75) is 9.79 Å². The molecule has 0 amide bonds. The Hall–Kier alpha value is -2.04. The smallest absolute Gasteiger partial charge is 0.262 e. The molecule has 0 saturated heterocycles. The van der Waals surface area contributed by atoms with Gasteiger partial charge in [-0.2, -0.15) is 0 Å². The van der Waals surface area contributed by atoms with Crippen molar-refractivity contribution in [1.29, 1.82) is 0 Å². The molecular formula is C13H12F2N2O4S2. The summed E-state index contributed by atoms with van der Waals surface area (Å²) < 4.78 is 78.3. The van der Waals surface area contributed by atoms with Gasteiger partial charge in [0.25, 0.3) is 10.0 Å². The number of hydrogen-bond acceptors (Lipinski definition) is 4. The second-order valence-electron chi connectivity index (χ2n) is 4.38. The van der Waals surface area contributed by atoms with Gasteiger partial charge in [0, 0.05) is 0 Å². The fourth-order valence-corrected chi connectivity index (χ4v) is 3.51. The number of benzene rings is 2. The van der Waals surface area contributed by atoms with Gasteiger partial charge in [0.05, 0.1) is 9.79 Å². The average Bonchev–Trinajstić information content (AvgIpc) is 2.51. The van der Waals surface area contributed by atoms with Crippen LogP contribution in [0.15, 0.2) is 52.3 Å². The summed E-state index contributed by atoms with van der Waals surface area (Å²) in [7, 11) is -6.78. The Morgan fingerprint density at radius 3 is 1.65 bits per heavy atom. The number of halogens is 2. The minimum atomic E-state index is -4.27. The van der Waals surface area contributed by atoms with Crippen LogP contribution in [0.1, 0.15) is 0 Å². The van der Waals surface area contributed by atoms with Crippen molar-refractivity contribution < 1.29 is 25.6 Å². The van der Waals surface area contributed by atoms with Crippen LogP contribution in [0, 0.1) is 11.6 Å². The van der Waals surface area contributed by atoms with Crippen molar-refractivity contribution in [2.75, 3.05) is 11.8 Å².